The Balaban J connectivity index is 2.49. The highest BCUT2D eigenvalue weighted by atomic mass is 16.5. The third-order valence-corrected chi connectivity index (χ3v) is 1.77. The van der Waals surface area contributed by atoms with Crippen molar-refractivity contribution in [2.24, 2.45) is 5.73 Å². The Bertz CT molecular complexity index is 287. The van der Waals surface area contributed by atoms with Gasteiger partial charge in [0.25, 0.3) is 0 Å². The molecular weight excluding hydrogens is 180 g/mol. The van der Waals surface area contributed by atoms with Crippen molar-refractivity contribution in [1.82, 2.24) is 4.98 Å². The first-order valence-corrected chi connectivity index (χ1v) is 4.55. The molecule has 1 heterocycles. The summed E-state index contributed by atoms with van der Waals surface area (Å²) in [5.41, 5.74) is 6.57. The molecule has 0 fully saturated rings. The van der Waals surface area contributed by atoms with Crippen LogP contribution in [0.2, 0.25) is 0 Å². The van der Waals surface area contributed by atoms with Gasteiger partial charge in [0.05, 0.1) is 6.61 Å². The van der Waals surface area contributed by atoms with Crippen LogP contribution in [0, 0.1) is 0 Å². The minimum Gasteiger partial charge on any atom is -0.465 e. The van der Waals surface area contributed by atoms with Crippen LogP contribution in [0.3, 0.4) is 0 Å². The molecule has 0 spiro atoms. The first-order chi connectivity index (χ1) is 6.74. The van der Waals surface area contributed by atoms with Crippen LogP contribution in [0.25, 0.3) is 0 Å². The van der Waals surface area contributed by atoms with E-state index in [1.165, 1.54) is 0 Å². The molecule has 0 aliphatic rings. The van der Waals surface area contributed by atoms with E-state index < -0.39 is 6.04 Å². The van der Waals surface area contributed by atoms with Gasteiger partial charge in [-0.2, -0.15) is 0 Å². The Labute approximate surface area is 83.1 Å². The normalized spacial score (nSPS) is 12.1. The molecule has 4 heteroatoms. The topological polar surface area (TPSA) is 65.2 Å². The molecule has 4 nitrogen and oxygen atoms in total. The second kappa shape index (κ2) is 5.34. The molecule has 0 radical (unpaired) electrons. The third kappa shape index (κ3) is 3.14. The minimum atomic E-state index is -0.598. The molecule has 0 saturated heterocycles. The van der Waals surface area contributed by atoms with Crippen molar-refractivity contribution in [1.29, 1.82) is 0 Å². The zero-order chi connectivity index (χ0) is 10.4. The molecular formula is C10H14N2O2. The number of esters is 1. The number of nitrogens with zero attached hydrogens (tertiary/aromatic N) is 1. The van der Waals surface area contributed by atoms with E-state index in [-0.39, 0.29) is 5.97 Å². The summed E-state index contributed by atoms with van der Waals surface area (Å²) < 4.78 is 4.79. The standard InChI is InChI=1S/C10H14N2O2/c1-2-14-10(13)9(11)6-8-4-3-5-12-7-8/h3-5,7,9H,2,6,11H2,1H3/t9-/m0/s1. The van der Waals surface area contributed by atoms with Crippen LogP contribution in [0.1, 0.15) is 12.5 Å². The number of nitrogens with two attached hydrogens (primary N) is 1. The van der Waals surface area contributed by atoms with Gasteiger partial charge in [-0.15, -0.1) is 0 Å². The average Bonchev–Trinajstić information content (AvgIpc) is 2.19. The molecule has 0 saturated carbocycles. The third-order valence-electron chi connectivity index (χ3n) is 1.77. The molecule has 2 N–H and O–H groups in total. The van der Waals surface area contributed by atoms with E-state index in [0.29, 0.717) is 13.0 Å². The van der Waals surface area contributed by atoms with Gasteiger partial charge >= 0.3 is 5.97 Å². The van der Waals surface area contributed by atoms with Crippen LogP contribution in [-0.2, 0) is 16.0 Å². The van der Waals surface area contributed by atoms with Crippen LogP contribution < -0.4 is 5.73 Å². The van der Waals surface area contributed by atoms with Crippen molar-refractivity contribution in [3.8, 4) is 0 Å². The van der Waals surface area contributed by atoms with E-state index in [0.717, 1.165) is 5.56 Å². The number of aromatic nitrogens is 1. The summed E-state index contributed by atoms with van der Waals surface area (Å²) in [6.45, 7) is 2.12. The molecule has 0 amide bonds. The molecule has 0 unspecified atom stereocenters. The van der Waals surface area contributed by atoms with Crippen molar-refractivity contribution in [2.45, 2.75) is 19.4 Å². The first kappa shape index (κ1) is 10.7. The second-order valence-electron chi connectivity index (χ2n) is 2.92. The Hall–Kier alpha value is -1.42. The lowest BCUT2D eigenvalue weighted by atomic mass is 10.1. The van der Waals surface area contributed by atoms with Crippen LogP contribution in [0.15, 0.2) is 24.5 Å². The van der Waals surface area contributed by atoms with Gasteiger partial charge in [-0.3, -0.25) is 9.78 Å². The fourth-order valence-electron chi connectivity index (χ4n) is 1.11. The molecule has 1 rings (SSSR count). The van der Waals surface area contributed by atoms with Gasteiger partial charge in [-0.05, 0) is 25.0 Å². The maximum absolute atomic E-state index is 11.2. The fourth-order valence-corrected chi connectivity index (χ4v) is 1.11. The molecule has 14 heavy (non-hydrogen) atoms. The van der Waals surface area contributed by atoms with Crippen LogP contribution in [0.5, 0.6) is 0 Å². The van der Waals surface area contributed by atoms with Crippen molar-refractivity contribution in [3.05, 3.63) is 30.1 Å². The monoisotopic (exact) mass is 194 g/mol. The predicted molar refractivity (Wildman–Crippen MR) is 52.5 cm³/mol. The Morgan fingerprint density at radius 2 is 2.50 bits per heavy atom. The summed E-state index contributed by atoms with van der Waals surface area (Å²) in [7, 11) is 0. The van der Waals surface area contributed by atoms with E-state index in [9.17, 15) is 4.79 Å². The fraction of sp³-hybridized carbons (Fsp3) is 0.400. The lowest BCUT2D eigenvalue weighted by molar-refractivity contribution is -0.144. The van der Waals surface area contributed by atoms with Crippen molar-refractivity contribution >= 4 is 5.97 Å². The number of hydrogen-bond donors (Lipinski definition) is 1. The zero-order valence-corrected chi connectivity index (χ0v) is 8.14. The van der Waals surface area contributed by atoms with E-state index in [2.05, 4.69) is 4.98 Å². The van der Waals surface area contributed by atoms with Gasteiger partial charge in [0.15, 0.2) is 0 Å². The summed E-state index contributed by atoms with van der Waals surface area (Å²) in [5.74, 6) is -0.364. The Morgan fingerprint density at radius 1 is 1.71 bits per heavy atom. The van der Waals surface area contributed by atoms with Crippen molar-refractivity contribution in [3.63, 3.8) is 0 Å². The number of pyridine rings is 1. The summed E-state index contributed by atoms with van der Waals surface area (Å²) >= 11 is 0. The lowest BCUT2D eigenvalue weighted by Crippen LogP contribution is -2.34. The highest BCUT2D eigenvalue weighted by Gasteiger charge is 2.14. The van der Waals surface area contributed by atoms with E-state index >= 15 is 0 Å². The van der Waals surface area contributed by atoms with Gasteiger partial charge in [0, 0.05) is 12.4 Å². The maximum Gasteiger partial charge on any atom is 0.323 e. The largest absolute Gasteiger partial charge is 0.465 e. The molecule has 0 aliphatic heterocycles. The molecule has 0 aliphatic carbocycles. The second-order valence-corrected chi connectivity index (χ2v) is 2.92. The molecule has 1 aromatic rings. The lowest BCUT2D eigenvalue weighted by Gasteiger charge is -2.09. The van der Waals surface area contributed by atoms with Gasteiger partial charge in [0.1, 0.15) is 6.04 Å². The Morgan fingerprint density at radius 3 is 3.07 bits per heavy atom. The number of rotatable bonds is 4. The molecule has 0 bridgehead atoms. The average molecular weight is 194 g/mol. The van der Waals surface area contributed by atoms with E-state index in [1.807, 2.05) is 12.1 Å². The highest BCUT2D eigenvalue weighted by molar-refractivity contribution is 5.75. The SMILES string of the molecule is CCOC(=O)[C@@H](N)Cc1cccnc1. The van der Waals surface area contributed by atoms with Gasteiger partial charge < -0.3 is 10.5 Å². The minimum absolute atomic E-state index is 0.361. The van der Waals surface area contributed by atoms with E-state index in [4.69, 9.17) is 10.5 Å². The predicted octanol–water partition coefficient (Wildman–Crippen LogP) is 0.514. The molecule has 1 aromatic heterocycles. The zero-order valence-electron chi connectivity index (χ0n) is 8.14. The van der Waals surface area contributed by atoms with E-state index in [1.54, 1.807) is 19.3 Å². The Kier molecular flexibility index (Phi) is 4.07. The van der Waals surface area contributed by atoms with Gasteiger partial charge in [0.2, 0.25) is 0 Å². The number of hydrogen-bond acceptors (Lipinski definition) is 4. The van der Waals surface area contributed by atoms with Gasteiger partial charge in [-0.1, -0.05) is 6.07 Å². The maximum atomic E-state index is 11.2. The quantitative estimate of drug-likeness (QED) is 0.709. The van der Waals surface area contributed by atoms with Crippen molar-refractivity contribution < 1.29 is 9.53 Å². The molecule has 1 atom stereocenters. The number of ether oxygens (including phenoxy) is 1. The summed E-state index contributed by atoms with van der Waals surface area (Å²) in [6.07, 6.45) is 3.84. The molecule has 76 valence electrons. The molecule has 0 aromatic carbocycles. The van der Waals surface area contributed by atoms with Crippen LogP contribution in [-0.4, -0.2) is 23.6 Å². The summed E-state index contributed by atoms with van der Waals surface area (Å²) in [6, 6.07) is 3.10. The smallest absolute Gasteiger partial charge is 0.323 e. The van der Waals surface area contributed by atoms with Crippen LogP contribution >= 0.6 is 0 Å². The summed E-state index contributed by atoms with van der Waals surface area (Å²) in [4.78, 5) is 15.1. The number of carbonyl (C=O) groups excluding carboxylic acids is 1. The van der Waals surface area contributed by atoms with Crippen molar-refractivity contribution in [2.75, 3.05) is 6.61 Å². The van der Waals surface area contributed by atoms with Gasteiger partial charge in [-0.25, -0.2) is 0 Å². The number of carbonyl (C=O) groups is 1. The van der Waals surface area contributed by atoms with Crippen LogP contribution in [0.4, 0.5) is 0 Å². The first-order valence-electron chi connectivity index (χ1n) is 4.55. The highest BCUT2D eigenvalue weighted by Crippen LogP contribution is 2.00. The summed E-state index contributed by atoms with van der Waals surface area (Å²) in [5, 5.41) is 0.